The standard InChI is InChI=1S/C9H7ClF3NO2S/c1-6-2-4-7(5-3-6)17(15,16)14-8(10)9(11,12)13/h2-5H,1H3. The van der Waals surface area contributed by atoms with Crippen molar-refractivity contribution < 1.29 is 21.6 Å². The third-order valence-electron chi connectivity index (χ3n) is 1.75. The van der Waals surface area contributed by atoms with E-state index in [2.05, 4.69) is 4.40 Å². The van der Waals surface area contributed by atoms with Gasteiger partial charge in [-0.1, -0.05) is 29.3 Å². The summed E-state index contributed by atoms with van der Waals surface area (Å²) in [5.74, 6) is 0. The Labute approximate surface area is 101 Å². The summed E-state index contributed by atoms with van der Waals surface area (Å²) >= 11 is 4.77. The highest BCUT2D eigenvalue weighted by atomic mass is 35.5. The van der Waals surface area contributed by atoms with Crippen LogP contribution in [-0.4, -0.2) is 19.8 Å². The molecule has 0 bridgehead atoms. The van der Waals surface area contributed by atoms with Crippen LogP contribution >= 0.6 is 11.6 Å². The fraction of sp³-hybridized carbons (Fsp3) is 0.222. The van der Waals surface area contributed by atoms with Crippen molar-refractivity contribution in [3.8, 4) is 0 Å². The van der Waals surface area contributed by atoms with Gasteiger partial charge >= 0.3 is 6.18 Å². The van der Waals surface area contributed by atoms with Crippen molar-refractivity contribution in [3.05, 3.63) is 29.8 Å². The molecule has 0 saturated carbocycles. The molecule has 0 heterocycles. The second-order valence-electron chi connectivity index (χ2n) is 3.17. The molecule has 0 amide bonds. The molecule has 0 unspecified atom stereocenters. The molecule has 0 aliphatic carbocycles. The topological polar surface area (TPSA) is 46.5 Å². The molecular formula is C9H7ClF3NO2S. The lowest BCUT2D eigenvalue weighted by Gasteiger charge is -2.04. The molecule has 0 N–H and O–H groups in total. The van der Waals surface area contributed by atoms with E-state index in [4.69, 9.17) is 11.6 Å². The molecule has 1 aromatic rings. The van der Waals surface area contributed by atoms with E-state index in [0.29, 0.717) is 0 Å². The van der Waals surface area contributed by atoms with Crippen molar-refractivity contribution in [2.24, 2.45) is 4.40 Å². The third kappa shape index (κ3) is 3.71. The number of hydrogen-bond acceptors (Lipinski definition) is 2. The maximum absolute atomic E-state index is 12.0. The van der Waals surface area contributed by atoms with Gasteiger partial charge in [-0.15, -0.1) is 4.40 Å². The van der Waals surface area contributed by atoms with Gasteiger partial charge in [-0.3, -0.25) is 0 Å². The average Bonchev–Trinajstić information content (AvgIpc) is 2.16. The van der Waals surface area contributed by atoms with E-state index in [1.165, 1.54) is 12.1 Å². The Kier molecular flexibility index (Phi) is 3.83. The lowest BCUT2D eigenvalue weighted by atomic mass is 10.2. The van der Waals surface area contributed by atoms with E-state index < -0.39 is 21.4 Å². The van der Waals surface area contributed by atoms with Crippen molar-refractivity contribution in [1.29, 1.82) is 0 Å². The van der Waals surface area contributed by atoms with Gasteiger partial charge in [0, 0.05) is 0 Å². The first kappa shape index (κ1) is 14.0. The van der Waals surface area contributed by atoms with Crippen LogP contribution in [0, 0.1) is 6.92 Å². The normalized spacial score (nSPS) is 13.8. The van der Waals surface area contributed by atoms with Gasteiger partial charge in [0.05, 0.1) is 4.90 Å². The maximum Gasteiger partial charge on any atom is 0.445 e. The van der Waals surface area contributed by atoms with Crippen LogP contribution in [0.4, 0.5) is 13.2 Å². The summed E-state index contributed by atoms with van der Waals surface area (Å²) in [4.78, 5) is -0.342. The second-order valence-corrected chi connectivity index (χ2v) is 5.13. The van der Waals surface area contributed by atoms with Crippen LogP contribution in [0.5, 0.6) is 0 Å². The molecule has 0 radical (unpaired) electrons. The first-order valence-corrected chi connectivity index (χ1v) is 6.09. The van der Waals surface area contributed by atoms with Crippen molar-refractivity contribution >= 4 is 26.8 Å². The molecule has 3 nitrogen and oxygen atoms in total. The summed E-state index contributed by atoms with van der Waals surface area (Å²) in [5, 5.41) is -1.92. The molecule has 1 rings (SSSR count). The largest absolute Gasteiger partial charge is 0.445 e. The monoisotopic (exact) mass is 285 g/mol. The van der Waals surface area contributed by atoms with Gasteiger partial charge in [0.1, 0.15) is 0 Å². The minimum Gasteiger partial charge on any atom is -0.199 e. The lowest BCUT2D eigenvalue weighted by Crippen LogP contribution is -2.18. The van der Waals surface area contributed by atoms with Crippen LogP contribution in [0.25, 0.3) is 0 Å². The van der Waals surface area contributed by atoms with Gasteiger partial charge in [-0.2, -0.15) is 21.6 Å². The van der Waals surface area contributed by atoms with Crippen molar-refractivity contribution in [1.82, 2.24) is 0 Å². The van der Waals surface area contributed by atoms with Crippen LogP contribution in [0.1, 0.15) is 5.56 Å². The van der Waals surface area contributed by atoms with Crippen LogP contribution < -0.4 is 0 Å². The minimum atomic E-state index is -4.97. The third-order valence-corrected chi connectivity index (χ3v) is 3.44. The molecule has 0 aliphatic heterocycles. The molecule has 1 aromatic carbocycles. The van der Waals surface area contributed by atoms with E-state index in [0.717, 1.165) is 17.7 Å². The van der Waals surface area contributed by atoms with Gasteiger partial charge in [0.2, 0.25) is 5.17 Å². The molecule has 0 spiro atoms. The molecule has 0 fully saturated rings. The van der Waals surface area contributed by atoms with Crippen molar-refractivity contribution in [2.45, 2.75) is 18.0 Å². The summed E-state index contributed by atoms with van der Waals surface area (Å²) in [6.45, 7) is 1.71. The highest BCUT2D eigenvalue weighted by Crippen LogP contribution is 2.23. The molecule has 94 valence electrons. The number of sulfonamides is 1. The Morgan fingerprint density at radius 2 is 1.71 bits per heavy atom. The summed E-state index contributed by atoms with van der Waals surface area (Å²) in [7, 11) is -4.42. The zero-order chi connectivity index (χ0) is 13.3. The Morgan fingerprint density at radius 1 is 1.24 bits per heavy atom. The number of nitrogens with zero attached hydrogens (tertiary/aromatic N) is 1. The first-order valence-electron chi connectivity index (χ1n) is 4.27. The number of rotatable bonds is 2. The quantitative estimate of drug-likeness (QED) is 0.784. The highest BCUT2D eigenvalue weighted by Gasteiger charge is 2.36. The van der Waals surface area contributed by atoms with Crippen molar-refractivity contribution in [2.75, 3.05) is 0 Å². The predicted molar refractivity (Wildman–Crippen MR) is 57.7 cm³/mol. The summed E-state index contributed by atoms with van der Waals surface area (Å²) in [6, 6.07) is 5.22. The van der Waals surface area contributed by atoms with Gasteiger partial charge in [0.25, 0.3) is 10.0 Å². The number of alkyl halides is 3. The Bertz CT molecular complexity index is 534. The fourth-order valence-electron chi connectivity index (χ4n) is 0.920. The summed E-state index contributed by atoms with van der Waals surface area (Å²) in [5.41, 5.74) is 0.773. The number of benzene rings is 1. The van der Waals surface area contributed by atoms with Crippen LogP contribution in [0.2, 0.25) is 0 Å². The van der Waals surface area contributed by atoms with Gasteiger partial charge in [0.15, 0.2) is 0 Å². The Morgan fingerprint density at radius 3 is 2.12 bits per heavy atom. The zero-order valence-electron chi connectivity index (χ0n) is 8.49. The molecule has 0 aliphatic rings. The molecule has 0 atom stereocenters. The number of hydrogen-bond donors (Lipinski definition) is 0. The van der Waals surface area contributed by atoms with Crippen molar-refractivity contribution in [3.63, 3.8) is 0 Å². The minimum absolute atomic E-state index is 0.342. The fourth-order valence-corrected chi connectivity index (χ4v) is 2.09. The molecule has 8 heteroatoms. The summed E-state index contributed by atoms with van der Waals surface area (Å²) in [6.07, 6.45) is -4.97. The van der Waals surface area contributed by atoms with E-state index in [-0.39, 0.29) is 4.90 Å². The first-order chi connectivity index (χ1) is 7.63. The van der Waals surface area contributed by atoms with Gasteiger partial charge in [-0.05, 0) is 19.1 Å². The van der Waals surface area contributed by atoms with E-state index in [1.54, 1.807) is 6.92 Å². The highest BCUT2D eigenvalue weighted by molar-refractivity contribution is 7.90. The van der Waals surface area contributed by atoms with Gasteiger partial charge < -0.3 is 0 Å². The lowest BCUT2D eigenvalue weighted by molar-refractivity contribution is -0.0557. The van der Waals surface area contributed by atoms with Crippen LogP contribution in [-0.2, 0) is 10.0 Å². The second kappa shape index (κ2) is 4.66. The van der Waals surface area contributed by atoms with Crippen LogP contribution in [0.3, 0.4) is 0 Å². The zero-order valence-corrected chi connectivity index (χ0v) is 10.1. The number of aryl methyl sites for hydroxylation is 1. The van der Waals surface area contributed by atoms with Gasteiger partial charge in [-0.25, -0.2) is 0 Å². The Hall–Kier alpha value is -1.08. The molecule has 0 aromatic heterocycles. The molecule has 17 heavy (non-hydrogen) atoms. The average molecular weight is 286 g/mol. The van der Waals surface area contributed by atoms with E-state index in [1.807, 2.05) is 0 Å². The molecular weight excluding hydrogens is 279 g/mol. The molecule has 0 saturated heterocycles. The van der Waals surface area contributed by atoms with E-state index >= 15 is 0 Å². The predicted octanol–water partition coefficient (Wildman–Crippen LogP) is 2.88. The number of halogens is 4. The maximum atomic E-state index is 12.0. The van der Waals surface area contributed by atoms with E-state index in [9.17, 15) is 21.6 Å². The summed E-state index contributed by atoms with van der Waals surface area (Å²) < 4.78 is 61.5. The smallest absolute Gasteiger partial charge is 0.199 e. The Balaban J connectivity index is 3.18. The van der Waals surface area contributed by atoms with Crippen LogP contribution in [0.15, 0.2) is 33.6 Å². The SMILES string of the molecule is Cc1ccc(S(=O)(=O)N=C(Cl)C(F)(F)F)cc1.